The van der Waals surface area contributed by atoms with Crippen molar-refractivity contribution in [3.05, 3.63) is 77.5 Å². The van der Waals surface area contributed by atoms with E-state index < -0.39 is 0 Å². The van der Waals surface area contributed by atoms with E-state index in [1.165, 1.54) is 0 Å². The van der Waals surface area contributed by atoms with Gasteiger partial charge in [-0.05, 0) is 31.2 Å². The first-order valence-corrected chi connectivity index (χ1v) is 8.71. The Balaban J connectivity index is 1.70. The van der Waals surface area contributed by atoms with Crippen LogP contribution in [0.25, 0.3) is 11.3 Å². The van der Waals surface area contributed by atoms with Gasteiger partial charge in [0.25, 0.3) is 0 Å². The number of aromatic nitrogens is 3. The highest BCUT2D eigenvalue weighted by molar-refractivity contribution is 6.30. The largest absolute Gasteiger partial charge is 0.360 e. The van der Waals surface area contributed by atoms with E-state index in [9.17, 15) is 0 Å². The van der Waals surface area contributed by atoms with Gasteiger partial charge in [0.1, 0.15) is 11.6 Å². The summed E-state index contributed by atoms with van der Waals surface area (Å²) in [5.74, 6) is 2.37. The first kappa shape index (κ1) is 17.1. The molecule has 0 atom stereocenters. The van der Waals surface area contributed by atoms with Crippen LogP contribution in [-0.2, 0) is 0 Å². The van der Waals surface area contributed by atoms with Crippen LogP contribution in [0.15, 0.2) is 71.3 Å². The van der Waals surface area contributed by atoms with Gasteiger partial charge in [-0.15, -0.1) is 0 Å². The molecule has 27 heavy (non-hydrogen) atoms. The molecule has 0 fully saturated rings. The maximum Gasteiger partial charge on any atom is 0.229 e. The summed E-state index contributed by atoms with van der Waals surface area (Å²) in [4.78, 5) is 9.16. The molecule has 2 aromatic carbocycles. The smallest absolute Gasteiger partial charge is 0.229 e. The SMILES string of the molecule is Cc1cc(Nc2cc(-c3ccccc3)nc(Nc3ccc(Cl)cc3)n2)no1. The van der Waals surface area contributed by atoms with Gasteiger partial charge in [0, 0.05) is 28.4 Å². The number of aryl methyl sites for hydroxylation is 1. The average molecular weight is 378 g/mol. The second-order valence-electron chi connectivity index (χ2n) is 5.91. The summed E-state index contributed by atoms with van der Waals surface area (Å²) in [7, 11) is 0. The number of nitrogens with zero attached hydrogens (tertiary/aromatic N) is 3. The summed E-state index contributed by atoms with van der Waals surface area (Å²) in [6.07, 6.45) is 0. The van der Waals surface area contributed by atoms with Gasteiger partial charge in [-0.1, -0.05) is 47.1 Å². The van der Waals surface area contributed by atoms with Gasteiger partial charge in [-0.2, -0.15) is 4.98 Å². The van der Waals surface area contributed by atoms with E-state index >= 15 is 0 Å². The van der Waals surface area contributed by atoms with Crippen LogP contribution < -0.4 is 10.6 Å². The lowest BCUT2D eigenvalue weighted by atomic mass is 10.1. The zero-order chi connectivity index (χ0) is 18.6. The topological polar surface area (TPSA) is 75.9 Å². The van der Waals surface area contributed by atoms with E-state index in [1.807, 2.05) is 67.6 Å². The molecule has 2 heterocycles. The van der Waals surface area contributed by atoms with E-state index in [-0.39, 0.29) is 0 Å². The average Bonchev–Trinajstić information content (AvgIpc) is 3.09. The predicted molar refractivity (Wildman–Crippen MR) is 107 cm³/mol. The Morgan fingerprint density at radius 2 is 1.63 bits per heavy atom. The van der Waals surface area contributed by atoms with E-state index in [4.69, 9.17) is 16.1 Å². The van der Waals surface area contributed by atoms with Gasteiger partial charge in [0.2, 0.25) is 5.95 Å². The number of nitrogens with one attached hydrogen (secondary N) is 2. The molecule has 4 aromatic rings. The lowest BCUT2D eigenvalue weighted by Gasteiger charge is -2.10. The second-order valence-corrected chi connectivity index (χ2v) is 6.34. The Bertz CT molecular complexity index is 1050. The number of halogens is 1. The molecule has 0 aliphatic rings. The minimum Gasteiger partial charge on any atom is -0.360 e. The Kier molecular flexibility index (Phi) is 4.72. The molecule has 0 saturated heterocycles. The normalized spacial score (nSPS) is 10.6. The third kappa shape index (κ3) is 4.24. The summed E-state index contributed by atoms with van der Waals surface area (Å²) in [5, 5.41) is 11.0. The minimum atomic E-state index is 0.460. The number of rotatable bonds is 5. The number of benzene rings is 2. The van der Waals surface area contributed by atoms with Crippen molar-refractivity contribution in [2.24, 2.45) is 0 Å². The molecule has 134 valence electrons. The van der Waals surface area contributed by atoms with E-state index in [1.54, 1.807) is 6.07 Å². The molecule has 0 bridgehead atoms. The zero-order valence-corrected chi connectivity index (χ0v) is 15.2. The maximum atomic E-state index is 5.95. The van der Waals surface area contributed by atoms with Gasteiger partial charge >= 0.3 is 0 Å². The molecule has 0 spiro atoms. The molecule has 6 nitrogen and oxygen atoms in total. The van der Waals surface area contributed by atoms with Crippen LogP contribution in [0, 0.1) is 6.92 Å². The van der Waals surface area contributed by atoms with Crippen LogP contribution in [0.3, 0.4) is 0 Å². The van der Waals surface area contributed by atoms with Crippen LogP contribution in [0.2, 0.25) is 5.02 Å². The highest BCUT2D eigenvalue weighted by Crippen LogP contribution is 2.25. The standard InChI is InChI=1S/C20H16ClN5O/c1-13-11-19(26-27-13)24-18-12-17(14-5-3-2-4-6-14)23-20(25-18)22-16-9-7-15(21)8-10-16/h2-12H,1H3,(H2,22,23,24,25,26). The molecule has 0 aliphatic carbocycles. The van der Waals surface area contributed by atoms with Crippen LogP contribution >= 0.6 is 11.6 Å². The van der Waals surface area contributed by atoms with Crippen molar-refractivity contribution in [1.82, 2.24) is 15.1 Å². The fraction of sp³-hybridized carbons (Fsp3) is 0.0500. The van der Waals surface area contributed by atoms with Crippen molar-refractivity contribution in [2.45, 2.75) is 6.92 Å². The quantitative estimate of drug-likeness (QED) is 0.472. The lowest BCUT2D eigenvalue weighted by molar-refractivity contribution is 0.400. The van der Waals surface area contributed by atoms with Crippen molar-refractivity contribution in [3.63, 3.8) is 0 Å². The van der Waals surface area contributed by atoms with Crippen LogP contribution in [-0.4, -0.2) is 15.1 Å². The Hall–Kier alpha value is -3.38. The first-order chi connectivity index (χ1) is 13.2. The van der Waals surface area contributed by atoms with Crippen LogP contribution in [0.1, 0.15) is 5.76 Å². The van der Waals surface area contributed by atoms with Gasteiger partial charge in [-0.25, -0.2) is 4.98 Å². The molecule has 0 radical (unpaired) electrons. The van der Waals surface area contributed by atoms with Crippen molar-refractivity contribution in [3.8, 4) is 11.3 Å². The Morgan fingerprint density at radius 1 is 0.852 bits per heavy atom. The predicted octanol–water partition coefficient (Wildman–Crippen LogP) is 5.58. The maximum absolute atomic E-state index is 5.95. The number of hydrogen-bond donors (Lipinski definition) is 2. The molecule has 0 aliphatic heterocycles. The molecule has 2 aromatic heterocycles. The van der Waals surface area contributed by atoms with E-state index in [2.05, 4.69) is 25.8 Å². The monoisotopic (exact) mass is 377 g/mol. The van der Waals surface area contributed by atoms with Crippen molar-refractivity contribution >= 4 is 34.9 Å². The molecule has 7 heteroatoms. The first-order valence-electron chi connectivity index (χ1n) is 8.33. The fourth-order valence-corrected chi connectivity index (χ4v) is 2.67. The fourth-order valence-electron chi connectivity index (χ4n) is 2.54. The Labute approximate surface area is 161 Å². The van der Waals surface area contributed by atoms with Gasteiger partial charge in [0.15, 0.2) is 5.82 Å². The molecular formula is C20H16ClN5O. The third-order valence-electron chi connectivity index (χ3n) is 3.78. The van der Waals surface area contributed by atoms with Gasteiger partial charge < -0.3 is 15.2 Å². The third-order valence-corrected chi connectivity index (χ3v) is 4.03. The summed E-state index contributed by atoms with van der Waals surface area (Å²) < 4.78 is 5.10. The molecule has 2 N–H and O–H groups in total. The van der Waals surface area contributed by atoms with E-state index in [0.717, 1.165) is 16.9 Å². The van der Waals surface area contributed by atoms with Crippen molar-refractivity contribution in [1.29, 1.82) is 0 Å². The van der Waals surface area contributed by atoms with Crippen LogP contribution in [0.4, 0.5) is 23.3 Å². The zero-order valence-electron chi connectivity index (χ0n) is 14.5. The number of hydrogen-bond acceptors (Lipinski definition) is 6. The van der Waals surface area contributed by atoms with Crippen molar-refractivity contribution < 1.29 is 4.52 Å². The molecule has 0 amide bonds. The van der Waals surface area contributed by atoms with E-state index in [0.29, 0.717) is 28.4 Å². The second kappa shape index (κ2) is 7.47. The highest BCUT2D eigenvalue weighted by Gasteiger charge is 2.09. The van der Waals surface area contributed by atoms with Crippen LogP contribution in [0.5, 0.6) is 0 Å². The minimum absolute atomic E-state index is 0.460. The van der Waals surface area contributed by atoms with Crippen molar-refractivity contribution in [2.75, 3.05) is 10.6 Å². The summed E-state index contributed by atoms with van der Waals surface area (Å²) in [6.45, 7) is 1.83. The summed E-state index contributed by atoms with van der Waals surface area (Å²) in [6, 6.07) is 20.9. The Morgan fingerprint density at radius 3 is 2.33 bits per heavy atom. The molecule has 0 unspecified atom stereocenters. The van der Waals surface area contributed by atoms with Gasteiger partial charge in [0.05, 0.1) is 5.69 Å². The van der Waals surface area contributed by atoms with Gasteiger partial charge in [-0.3, -0.25) is 0 Å². The molecule has 4 rings (SSSR count). The molecule has 0 saturated carbocycles. The summed E-state index contributed by atoms with van der Waals surface area (Å²) in [5.41, 5.74) is 2.61. The molecular weight excluding hydrogens is 362 g/mol. The lowest BCUT2D eigenvalue weighted by Crippen LogP contribution is -2.02. The number of anilines is 4. The highest BCUT2D eigenvalue weighted by atomic mass is 35.5. The summed E-state index contributed by atoms with van der Waals surface area (Å²) >= 11 is 5.95.